The lowest BCUT2D eigenvalue weighted by Crippen LogP contribution is -2.38. The Morgan fingerprint density at radius 1 is 1.31 bits per heavy atom. The van der Waals surface area contributed by atoms with Gasteiger partial charge in [0.1, 0.15) is 0 Å². The third-order valence-electron chi connectivity index (χ3n) is 2.81. The smallest absolute Gasteiger partial charge is 0.253 e. The molecule has 0 unspecified atom stereocenters. The van der Waals surface area contributed by atoms with Gasteiger partial charge in [0, 0.05) is 18.7 Å². The Kier molecular flexibility index (Phi) is 1.94. The number of hydrogen-bond donors (Lipinski definition) is 0. The van der Waals surface area contributed by atoms with E-state index in [0.717, 1.165) is 18.8 Å². The van der Waals surface area contributed by atoms with Gasteiger partial charge in [-0.2, -0.15) is 0 Å². The van der Waals surface area contributed by atoms with Crippen LogP contribution >= 0.6 is 0 Å². The lowest BCUT2D eigenvalue weighted by atomic mass is 9.76. The van der Waals surface area contributed by atoms with E-state index in [1.54, 1.807) is 0 Å². The van der Waals surface area contributed by atoms with Gasteiger partial charge in [-0.1, -0.05) is 6.92 Å². The third-order valence-corrected chi connectivity index (χ3v) is 2.81. The lowest BCUT2D eigenvalue weighted by Gasteiger charge is -2.34. The summed E-state index contributed by atoms with van der Waals surface area (Å²) in [7, 11) is 0. The highest BCUT2D eigenvalue weighted by molar-refractivity contribution is 6.12. The molecule has 1 aliphatic heterocycles. The van der Waals surface area contributed by atoms with Crippen LogP contribution in [0.5, 0.6) is 0 Å². The maximum atomic E-state index is 11.2. The van der Waals surface area contributed by atoms with E-state index in [9.17, 15) is 9.59 Å². The number of amides is 2. The van der Waals surface area contributed by atoms with Gasteiger partial charge < -0.3 is 0 Å². The molecule has 70 valence electrons. The van der Waals surface area contributed by atoms with Crippen molar-refractivity contribution in [3.05, 3.63) is 12.2 Å². The molecule has 1 aliphatic carbocycles. The molecule has 0 aromatic rings. The van der Waals surface area contributed by atoms with Gasteiger partial charge in [0.15, 0.2) is 0 Å². The molecule has 2 rings (SSSR count). The number of rotatable bonds is 2. The highest BCUT2D eigenvalue weighted by Crippen LogP contribution is 2.33. The van der Waals surface area contributed by atoms with Crippen LogP contribution in [-0.4, -0.2) is 23.3 Å². The van der Waals surface area contributed by atoms with E-state index in [2.05, 4.69) is 6.92 Å². The largest absolute Gasteiger partial charge is 0.275 e. The van der Waals surface area contributed by atoms with Gasteiger partial charge in [-0.25, -0.2) is 0 Å². The van der Waals surface area contributed by atoms with Gasteiger partial charge in [-0.05, 0) is 24.7 Å². The molecule has 0 bridgehead atoms. The minimum absolute atomic E-state index is 0.149. The summed E-state index contributed by atoms with van der Waals surface area (Å²) in [6, 6.07) is 0. The van der Waals surface area contributed by atoms with Crippen LogP contribution in [0.4, 0.5) is 0 Å². The van der Waals surface area contributed by atoms with Crippen molar-refractivity contribution in [2.45, 2.75) is 19.8 Å². The van der Waals surface area contributed by atoms with Crippen molar-refractivity contribution in [1.29, 1.82) is 0 Å². The number of carbonyl (C=O) groups is 2. The highest BCUT2D eigenvalue weighted by atomic mass is 16.2. The molecule has 0 spiro atoms. The molecule has 3 heteroatoms. The Hall–Kier alpha value is -1.12. The minimum Gasteiger partial charge on any atom is -0.275 e. The summed E-state index contributed by atoms with van der Waals surface area (Å²) in [4.78, 5) is 23.7. The molecule has 2 aliphatic rings. The van der Waals surface area contributed by atoms with E-state index in [-0.39, 0.29) is 11.8 Å². The number of imide groups is 1. The maximum absolute atomic E-state index is 11.2. The van der Waals surface area contributed by atoms with Gasteiger partial charge in [-0.3, -0.25) is 14.5 Å². The summed E-state index contributed by atoms with van der Waals surface area (Å²) < 4.78 is 0. The number of carbonyl (C=O) groups excluding carboxylic acids is 2. The molecule has 13 heavy (non-hydrogen) atoms. The molecule has 2 amide bonds. The Morgan fingerprint density at radius 3 is 2.31 bits per heavy atom. The third kappa shape index (κ3) is 1.50. The van der Waals surface area contributed by atoms with Crippen molar-refractivity contribution in [1.82, 2.24) is 4.90 Å². The lowest BCUT2D eigenvalue weighted by molar-refractivity contribution is -0.138. The average Bonchev–Trinajstić information content (AvgIpc) is 2.32. The fourth-order valence-electron chi connectivity index (χ4n) is 2.09. The topological polar surface area (TPSA) is 37.4 Å². The van der Waals surface area contributed by atoms with E-state index in [4.69, 9.17) is 0 Å². The van der Waals surface area contributed by atoms with Crippen molar-refractivity contribution >= 4 is 11.8 Å². The van der Waals surface area contributed by atoms with Crippen molar-refractivity contribution in [3.8, 4) is 0 Å². The molecule has 1 heterocycles. The zero-order valence-electron chi connectivity index (χ0n) is 7.69. The number of nitrogens with zero attached hydrogens (tertiary/aromatic N) is 1. The van der Waals surface area contributed by atoms with Gasteiger partial charge in [0.25, 0.3) is 11.8 Å². The van der Waals surface area contributed by atoms with Crippen molar-refractivity contribution in [2.75, 3.05) is 6.54 Å². The first kappa shape index (κ1) is 8.48. The minimum atomic E-state index is -0.149. The molecule has 0 saturated heterocycles. The van der Waals surface area contributed by atoms with Crippen molar-refractivity contribution in [3.63, 3.8) is 0 Å². The fraction of sp³-hybridized carbons (Fsp3) is 0.600. The summed E-state index contributed by atoms with van der Waals surface area (Å²) in [5.74, 6) is 1.02. The molecule has 1 fully saturated rings. The number of hydrogen-bond acceptors (Lipinski definition) is 2. The molecular formula is C10H13NO2. The van der Waals surface area contributed by atoms with Crippen LogP contribution in [0.1, 0.15) is 19.8 Å². The second kappa shape index (κ2) is 2.98. The average molecular weight is 179 g/mol. The Labute approximate surface area is 77.4 Å². The van der Waals surface area contributed by atoms with Gasteiger partial charge in [-0.15, -0.1) is 0 Å². The van der Waals surface area contributed by atoms with Crippen LogP contribution in [-0.2, 0) is 9.59 Å². The van der Waals surface area contributed by atoms with Crippen LogP contribution in [0.25, 0.3) is 0 Å². The predicted octanol–water partition coefficient (Wildman–Crippen LogP) is 0.957. The molecule has 0 aromatic carbocycles. The SMILES string of the molecule is CC1CC(CN2C(=O)C=CC2=O)C1. The van der Waals surface area contributed by atoms with Crippen LogP contribution in [0.3, 0.4) is 0 Å². The summed E-state index contributed by atoms with van der Waals surface area (Å²) in [5.41, 5.74) is 0. The summed E-state index contributed by atoms with van der Waals surface area (Å²) in [6.07, 6.45) is 5.00. The van der Waals surface area contributed by atoms with Gasteiger partial charge in [0.05, 0.1) is 0 Å². The Bertz CT molecular complexity index is 259. The van der Waals surface area contributed by atoms with E-state index in [1.165, 1.54) is 17.1 Å². The second-order valence-corrected chi connectivity index (χ2v) is 4.06. The van der Waals surface area contributed by atoms with Gasteiger partial charge in [0.2, 0.25) is 0 Å². The molecule has 1 saturated carbocycles. The molecule has 3 nitrogen and oxygen atoms in total. The van der Waals surface area contributed by atoms with Crippen LogP contribution in [0.2, 0.25) is 0 Å². The van der Waals surface area contributed by atoms with E-state index >= 15 is 0 Å². The summed E-state index contributed by atoms with van der Waals surface area (Å²) in [5, 5.41) is 0. The van der Waals surface area contributed by atoms with E-state index in [1.807, 2.05) is 0 Å². The zero-order valence-corrected chi connectivity index (χ0v) is 7.69. The standard InChI is InChI=1S/C10H13NO2/c1-7-4-8(5-7)6-11-9(12)2-3-10(11)13/h2-3,7-8H,4-6H2,1H3. The van der Waals surface area contributed by atoms with E-state index < -0.39 is 0 Å². The molecule has 0 N–H and O–H groups in total. The molecular weight excluding hydrogens is 166 g/mol. The normalized spacial score (nSPS) is 32.5. The first-order valence-corrected chi connectivity index (χ1v) is 4.70. The van der Waals surface area contributed by atoms with Crippen LogP contribution in [0.15, 0.2) is 12.2 Å². The van der Waals surface area contributed by atoms with Gasteiger partial charge >= 0.3 is 0 Å². The quantitative estimate of drug-likeness (QED) is 0.592. The van der Waals surface area contributed by atoms with Crippen molar-refractivity contribution < 1.29 is 9.59 Å². The van der Waals surface area contributed by atoms with E-state index in [0.29, 0.717) is 12.5 Å². The fourth-order valence-corrected chi connectivity index (χ4v) is 2.09. The molecule has 0 aromatic heterocycles. The summed E-state index contributed by atoms with van der Waals surface area (Å²) in [6.45, 7) is 2.82. The molecule has 0 atom stereocenters. The maximum Gasteiger partial charge on any atom is 0.253 e. The van der Waals surface area contributed by atoms with Crippen LogP contribution in [0, 0.1) is 11.8 Å². The summed E-state index contributed by atoms with van der Waals surface area (Å²) >= 11 is 0. The Balaban J connectivity index is 1.88. The first-order valence-electron chi connectivity index (χ1n) is 4.70. The van der Waals surface area contributed by atoms with Crippen LogP contribution < -0.4 is 0 Å². The molecule has 0 radical (unpaired) electrons. The second-order valence-electron chi connectivity index (χ2n) is 4.06. The first-order chi connectivity index (χ1) is 6.16. The highest BCUT2D eigenvalue weighted by Gasteiger charge is 2.32. The Morgan fingerprint density at radius 2 is 1.85 bits per heavy atom. The predicted molar refractivity (Wildman–Crippen MR) is 47.7 cm³/mol. The van der Waals surface area contributed by atoms with Crippen molar-refractivity contribution in [2.24, 2.45) is 11.8 Å². The monoisotopic (exact) mass is 179 g/mol. The zero-order chi connectivity index (χ0) is 9.42.